The predicted octanol–water partition coefficient (Wildman–Crippen LogP) is 4.04. The van der Waals surface area contributed by atoms with Crippen LogP contribution in [0.3, 0.4) is 0 Å². The topological polar surface area (TPSA) is 81.3 Å². The number of hydrogen-bond donors (Lipinski definition) is 0. The summed E-state index contributed by atoms with van der Waals surface area (Å²) in [6.07, 6.45) is 4.76. The second kappa shape index (κ2) is 9.54. The molecule has 4 aromatic rings. The number of aromatic nitrogens is 5. The van der Waals surface area contributed by atoms with E-state index in [1.54, 1.807) is 17.7 Å². The van der Waals surface area contributed by atoms with Gasteiger partial charge < -0.3 is 14.2 Å². The minimum Gasteiger partial charge on any atom is -0.364 e. The third-order valence-corrected chi connectivity index (χ3v) is 8.08. The zero-order chi connectivity index (χ0) is 27.4. The van der Waals surface area contributed by atoms with E-state index in [9.17, 15) is 4.79 Å². The molecule has 0 N–H and O–H groups in total. The third-order valence-electron chi connectivity index (χ3n) is 8.08. The second-order valence-electron chi connectivity index (χ2n) is 10.5. The number of rotatable bonds is 4. The molecule has 37 heavy (non-hydrogen) atoms. The number of aryl methyl sites for hydroxylation is 1. The van der Waals surface area contributed by atoms with Gasteiger partial charge in [0, 0.05) is 63.3 Å². The van der Waals surface area contributed by atoms with E-state index in [1.807, 2.05) is 29.1 Å². The van der Waals surface area contributed by atoms with Crippen LogP contribution in [0.4, 0.5) is 5.69 Å². The fourth-order valence-corrected chi connectivity index (χ4v) is 5.88. The van der Waals surface area contributed by atoms with Gasteiger partial charge in [-0.1, -0.05) is 6.07 Å². The predicted molar refractivity (Wildman–Crippen MR) is 145 cm³/mol. The zero-order valence-corrected chi connectivity index (χ0v) is 21.9. The molecule has 1 aromatic carbocycles. The third kappa shape index (κ3) is 4.30. The van der Waals surface area contributed by atoms with E-state index in [2.05, 4.69) is 40.5 Å². The molecule has 0 bridgehead atoms. The summed E-state index contributed by atoms with van der Waals surface area (Å²) in [6.45, 7) is 8.91. The van der Waals surface area contributed by atoms with E-state index in [-0.39, 0.29) is 42.3 Å². The molecular formula is C28H35N7O2. The summed E-state index contributed by atoms with van der Waals surface area (Å²) in [5.41, 5.74) is 4.86. The lowest BCUT2D eigenvalue weighted by molar-refractivity contribution is -0.0390. The first-order valence-electron chi connectivity index (χ1n) is 14.2. The SMILES string of the molecule is [2H]c1nc2ccc(C(C)N3C[C@H](C)N(c4cc(=O)n(C)c5cn(C6CCCCO6)nc45)C[C@H]3C)cc2nc1[2H]. The van der Waals surface area contributed by atoms with Crippen molar-refractivity contribution >= 4 is 27.8 Å². The van der Waals surface area contributed by atoms with Crippen LogP contribution in [0.1, 0.15) is 60.6 Å². The Kier molecular flexibility index (Phi) is 5.61. The maximum atomic E-state index is 13.0. The van der Waals surface area contributed by atoms with E-state index in [0.717, 1.165) is 61.2 Å². The first-order valence-corrected chi connectivity index (χ1v) is 13.2. The summed E-state index contributed by atoms with van der Waals surface area (Å²) in [4.78, 5) is 26.3. The molecule has 5 heterocycles. The molecule has 2 saturated heterocycles. The molecular weight excluding hydrogens is 466 g/mol. The first kappa shape index (κ1) is 21.8. The van der Waals surface area contributed by atoms with Crippen molar-refractivity contribution in [3.63, 3.8) is 0 Å². The normalized spacial score (nSPS) is 24.9. The summed E-state index contributed by atoms with van der Waals surface area (Å²) in [5, 5.41) is 4.95. The smallest absolute Gasteiger partial charge is 0.252 e. The van der Waals surface area contributed by atoms with Crippen LogP contribution in [-0.4, -0.2) is 61.0 Å². The average molecular weight is 504 g/mol. The Balaban J connectivity index is 1.29. The Morgan fingerprint density at radius 1 is 1.08 bits per heavy atom. The number of piperazine rings is 1. The molecule has 0 aliphatic carbocycles. The highest BCUT2D eigenvalue weighted by atomic mass is 16.5. The Hall–Kier alpha value is -3.30. The number of pyridine rings is 1. The summed E-state index contributed by atoms with van der Waals surface area (Å²) in [5.74, 6) is 0. The molecule has 3 aromatic heterocycles. The second-order valence-corrected chi connectivity index (χ2v) is 10.5. The highest BCUT2D eigenvalue weighted by Gasteiger charge is 2.34. The molecule has 0 amide bonds. The number of benzene rings is 1. The summed E-state index contributed by atoms with van der Waals surface area (Å²) < 4.78 is 25.2. The molecule has 194 valence electrons. The van der Waals surface area contributed by atoms with Gasteiger partial charge in [-0.05, 0) is 57.7 Å². The van der Waals surface area contributed by atoms with Gasteiger partial charge >= 0.3 is 0 Å². The first-order chi connectivity index (χ1) is 18.7. The Labute approximate surface area is 219 Å². The van der Waals surface area contributed by atoms with Crippen molar-refractivity contribution in [1.82, 2.24) is 29.2 Å². The maximum absolute atomic E-state index is 13.0. The highest BCUT2D eigenvalue weighted by Crippen LogP contribution is 2.34. The van der Waals surface area contributed by atoms with Crippen molar-refractivity contribution < 1.29 is 7.48 Å². The fourth-order valence-electron chi connectivity index (χ4n) is 5.88. The van der Waals surface area contributed by atoms with Gasteiger partial charge in [0.1, 0.15) is 11.7 Å². The van der Waals surface area contributed by atoms with Gasteiger partial charge in [-0.3, -0.25) is 19.7 Å². The molecule has 9 heteroatoms. The van der Waals surface area contributed by atoms with Gasteiger partial charge in [0.15, 0.2) is 0 Å². The minimum absolute atomic E-state index is 0.0425. The quantitative estimate of drug-likeness (QED) is 0.416. The van der Waals surface area contributed by atoms with Crippen LogP contribution < -0.4 is 10.5 Å². The van der Waals surface area contributed by atoms with Crippen LogP contribution in [0.2, 0.25) is 0 Å². The van der Waals surface area contributed by atoms with E-state index in [0.29, 0.717) is 11.0 Å². The number of ether oxygens (including phenoxy) is 1. The standard InChI is InChI=1S/C28H35N7O2/c1-18-16-34(19(2)15-33(18)20(3)21-8-9-22-23(13-21)30-11-10-29-22)24-14-26(36)32(4)25-17-35(31-28(24)25)27-7-5-6-12-37-27/h8-11,13-14,17-20,27H,5-7,12,15-16H2,1-4H3/t18-,19+,20?,27?/m1/s1/i10D,11D. The Morgan fingerprint density at radius 2 is 1.89 bits per heavy atom. The average Bonchev–Trinajstić information content (AvgIpc) is 3.38. The van der Waals surface area contributed by atoms with Crippen LogP contribution in [0.15, 0.2) is 47.6 Å². The molecule has 2 aliphatic rings. The van der Waals surface area contributed by atoms with Gasteiger partial charge in [-0.2, -0.15) is 5.10 Å². The zero-order valence-electron chi connectivity index (χ0n) is 23.9. The van der Waals surface area contributed by atoms with Crippen molar-refractivity contribution in [2.45, 2.75) is 64.4 Å². The van der Waals surface area contributed by atoms with Crippen LogP contribution in [0.25, 0.3) is 22.1 Å². The van der Waals surface area contributed by atoms with Crippen molar-refractivity contribution in [1.29, 1.82) is 0 Å². The van der Waals surface area contributed by atoms with Crippen LogP contribution in [0.5, 0.6) is 0 Å². The van der Waals surface area contributed by atoms with Gasteiger partial charge in [0.25, 0.3) is 5.56 Å². The molecule has 0 saturated carbocycles. The van der Waals surface area contributed by atoms with Gasteiger partial charge in [0.05, 0.1) is 31.2 Å². The number of fused-ring (bicyclic) bond motifs is 2. The molecule has 6 rings (SSSR count). The van der Waals surface area contributed by atoms with Crippen LogP contribution >= 0.6 is 0 Å². The van der Waals surface area contributed by atoms with Crippen molar-refractivity contribution in [3.05, 3.63) is 58.7 Å². The fraction of sp³-hybridized carbons (Fsp3) is 0.500. The van der Waals surface area contributed by atoms with Gasteiger partial charge in [0.2, 0.25) is 0 Å². The minimum atomic E-state index is -0.110. The van der Waals surface area contributed by atoms with Gasteiger partial charge in [-0.25, -0.2) is 4.68 Å². The number of anilines is 1. The van der Waals surface area contributed by atoms with Crippen molar-refractivity contribution in [3.8, 4) is 0 Å². The lowest BCUT2D eigenvalue weighted by Gasteiger charge is -2.47. The molecule has 2 fully saturated rings. The number of hydrogen-bond acceptors (Lipinski definition) is 7. The monoisotopic (exact) mass is 503 g/mol. The molecule has 0 spiro atoms. The van der Waals surface area contributed by atoms with Gasteiger partial charge in [-0.15, -0.1) is 0 Å². The maximum Gasteiger partial charge on any atom is 0.252 e. The molecule has 2 unspecified atom stereocenters. The van der Waals surface area contributed by atoms with Crippen LogP contribution in [-0.2, 0) is 11.8 Å². The highest BCUT2D eigenvalue weighted by molar-refractivity contribution is 5.88. The lowest BCUT2D eigenvalue weighted by Crippen LogP contribution is -2.57. The Morgan fingerprint density at radius 3 is 2.68 bits per heavy atom. The van der Waals surface area contributed by atoms with Crippen LogP contribution in [0, 0.1) is 0 Å². The molecule has 9 nitrogen and oxygen atoms in total. The molecule has 4 atom stereocenters. The Bertz CT molecular complexity index is 1600. The van der Waals surface area contributed by atoms with E-state index in [4.69, 9.17) is 12.6 Å². The molecule has 0 radical (unpaired) electrons. The van der Waals surface area contributed by atoms with E-state index >= 15 is 0 Å². The summed E-state index contributed by atoms with van der Waals surface area (Å²) >= 11 is 0. The van der Waals surface area contributed by atoms with E-state index < -0.39 is 0 Å². The van der Waals surface area contributed by atoms with Crippen molar-refractivity contribution in [2.24, 2.45) is 7.05 Å². The number of nitrogens with zero attached hydrogens (tertiary/aromatic N) is 7. The van der Waals surface area contributed by atoms with Crippen molar-refractivity contribution in [2.75, 3.05) is 24.6 Å². The summed E-state index contributed by atoms with van der Waals surface area (Å²) in [7, 11) is 1.80. The molecule has 2 aliphatic heterocycles. The van der Waals surface area contributed by atoms with E-state index in [1.165, 1.54) is 0 Å². The largest absolute Gasteiger partial charge is 0.364 e. The summed E-state index contributed by atoms with van der Waals surface area (Å²) in [6, 6.07) is 8.12. The lowest BCUT2D eigenvalue weighted by atomic mass is 10.00.